The molecule has 3 N–H and O–H groups in total. The van der Waals surface area contributed by atoms with E-state index in [1.54, 1.807) is 12.5 Å². The summed E-state index contributed by atoms with van der Waals surface area (Å²) < 4.78 is 4.99. The van der Waals surface area contributed by atoms with Crippen LogP contribution in [0.25, 0.3) is 0 Å². The molecule has 1 rings (SSSR count). The highest BCUT2D eigenvalue weighted by Gasteiger charge is 2.14. The van der Waals surface area contributed by atoms with E-state index in [1.165, 1.54) is 5.56 Å². The smallest absolute Gasteiger partial charge is 0.0947 e. The Kier molecular flexibility index (Phi) is 5.03. The summed E-state index contributed by atoms with van der Waals surface area (Å²) in [7, 11) is 0. The summed E-state index contributed by atoms with van der Waals surface area (Å²) in [4.78, 5) is 0. The maximum Gasteiger partial charge on any atom is 0.0947 e. The molecular formula is C13H24N2O. The minimum atomic E-state index is 0.289. The molecule has 0 aliphatic rings. The summed E-state index contributed by atoms with van der Waals surface area (Å²) in [5, 5.41) is 3.36. The van der Waals surface area contributed by atoms with Crippen LogP contribution in [0, 0.1) is 5.41 Å². The first-order valence-corrected chi connectivity index (χ1v) is 5.95. The van der Waals surface area contributed by atoms with E-state index in [1.807, 2.05) is 6.07 Å². The fraction of sp³-hybridized carbons (Fsp3) is 0.692. The van der Waals surface area contributed by atoms with Crippen molar-refractivity contribution >= 4 is 0 Å². The Balaban J connectivity index is 2.07. The van der Waals surface area contributed by atoms with Gasteiger partial charge in [-0.2, -0.15) is 0 Å². The molecule has 0 spiro atoms. The summed E-state index contributed by atoms with van der Waals surface area (Å²) in [6.45, 7) is 8.50. The van der Waals surface area contributed by atoms with Crippen molar-refractivity contribution in [2.45, 2.75) is 46.2 Å². The third-order valence-electron chi connectivity index (χ3n) is 2.48. The summed E-state index contributed by atoms with van der Waals surface area (Å²) in [6.07, 6.45) is 5.56. The molecule has 3 heteroatoms. The van der Waals surface area contributed by atoms with Crippen molar-refractivity contribution in [3.05, 3.63) is 24.2 Å². The Morgan fingerprint density at radius 2 is 2.19 bits per heavy atom. The van der Waals surface area contributed by atoms with Gasteiger partial charge in [0, 0.05) is 18.2 Å². The number of hydrogen-bond donors (Lipinski definition) is 2. The highest BCUT2D eigenvalue weighted by molar-refractivity contribution is 5.04. The molecule has 0 radical (unpaired) electrons. The van der Waals surface area contributed by atoms with Crippen LogP contribution in [0.3, 0.4) is 0 Å². The van der Waals surface area contributed by atoms with Crippen molar-refractivity contribution in [1.29, 1.82) is 0 Å². The van der Waals surface area contributed by atoms with Gasteiger partial charge in [-0.05, 0) is 30.9 Å². The second-order valence-electron chi connectivity index (χ2n) is 5.62. The second kappa shape index (κ2) is 6.06. The van der Waals surface area contributed by atoms with Gasteiger partial charge >= 0.3 is 0 Å². The van der Waals surface area contributed by atoms with Gasteiger partial charge in [0.1, 0.15) is 0 Å². The maximum atomic E-state index is 6.06. The molecule has 0 fully saturated rings. The molecule has 0 aliphatic carbocycles. The minimum absolute atomic E-state index is 0.289. The van der Waals surface area contributed by atoms with Gasteiger partial charge in [-0.15, -0.1) is 0 Å². The highest BCUT2D eigenvalue weighted by atomic mass is 16.3. The fourth-order valence-corrected chi connectivity index (χ4v) is 1.80. The molecule has 0 bridgehead atoms. The van der Waals surface area contributed by atoms with E-state index in [2.05, 4.69) is 26.1 Å². The predicted octanol–water partition coefficient (Wildman–Crippen LogP) is 2.52. The Bertz CT molecular complexity index is 275. The second-order valence-corrected chi connectivity index (χ2v) is 5.62. The first-order chi connectivity index (χ1) is 7.47. The minimum Gasteiger partial charge on any atom is -0.472 e. The third kappa shape index (κ3) is 5.93. The van der Waals surface area contributed by atoms with Crippen molar-refractivity contribution in [3.63, 3.8) is 0 Å². The predicted molar refractivity (Wildman–Crippen MR) is 67.1 cm³/mol. The zero-order valence-electron chi connectivity index (χ0n) is 10.6. The van der Waals surface area contributed by atoms with E-state index >= 15 is 0 Å². The fourth-order valence-electron chi connectivity index (χ4n) is 1.80. The quantitative estimate of drug-likeness (QED) is 0.730. The maximum absolute atomic E-state index is 6.06. The van der Waals surface area contributed by atoms with Crippen LogP contribution in [0.2, 0.25) is 0 Å². The van der Waals surface area contributed by atoms with Crippen molar-refractivity contribution in [2.24, 2.45) is 11.1 Å². The Hall–Kier alpha value is -0.800. The normalized spacial score (nSPS) is 14.0. The van der Waals surface area contributed by atoms with Crippen LogP contribution in [-0.2, 0) is 6.54 Å². The number of nitrogens with two attached hydrogens (primary N) is 1. The molecule has 1 aromatic heterocycles. The van der Waals surface area contributed by atoms with Gasteiger partial charge in [0.15, 0.2) is 0 Å². The summed E-state index contributed by atoms with van der Waals surface area (Å²) >= 11 is 0. The number of nitrogens with one attached hydrogen (secondary N) is 1. The van der Waals surface area contributed by atoms with Crippen LogP contribution in [0.4, 0.5) is 0 Å². The zero-order valence-corrected chi connectivity index (χ0v) is 10.6. The van der Waals surface area contributed by atoms with Crippen LogP contribution < -0.4 is 11.1 Å². The Morgan fingerprint density at radius 1 is 1.44 bits per heavy atom. The van der Waals surface area contributed by atoms with Crippen LogP contribution >= 0.6 is 0 Å². The van der Waals surface area contributed by atoms with E-state index in [-0.39, 0.29) is 6.04 Å². The van der Waals surface area contributed by atoms with Crippen molar-refractivity contribution < 1.29 is 4.42 Å². The lowest BCUT2D eigenvalue weighted by molar-refractivity contribution is 0.329. The standard InChI is InChI=1S/C13H24N2O/c1-13(2,3)8-12(14)4-6-15-9-11-5-7-16-10-11/h5,7,10,12,15H,4,6,8-9,14H2,1-3H3. The Morgan fingerprint density at radius 3 is 2.75 bits per heavy atom. The number of rotatable bonds is 6. The van der Waals surface area contributed by atoms with E-state index in [0.29, 0.717) is 5.41 Å². The van der Waals surface area contributed by atoms with Crippen LogP contribution in [0.5, 0.6) is 0 Å². The molecule has 92 valence electrons. The lowest BCUT2D eigenvalue weighted by Crippen LogP contribution is -2.30. The van der Waals surface area contributed by atoms with E-state index < -0.39 is 0 Å². The highest BCUT2D eigenvalue weighted by Crippen LogP contribution is 2.20. The molecule has 1 heterocycles. The van der Waals surface area contributed by atoms with Crippen molar-refractivity contribution in [2.75, 3.05) is 6.54 Å². The van der Waals surface area contributed by atoms with Gasteiger partial charge in [0.25, 0.3) is 0 Å². The van der Waals surface area contributed by atoms with Crippen LogP contribution in [0.15, 0.2) is 23.0 Å². The van der Waals surface area contributed by atoms with E-state index in [4.69, 9.17) is 10.2 Å². The van der Waals surface area contributed by atoms with Gasteiger partial charge in [-0.25, -0.2) is 0 Å². The lowest BCUT2D eigenvalue weighted by atomic mass is 9.87. The number of furan rings is 1. The summed E-state index contributed by atoms with van der Waals surface area (Å²) in [6, 6.07) is 2.26. The number of hydrogen-bond acceptors (Lipinski definition) is 3. The third-order valence-corrected chi connectivity index (χ3v) is 2.48. The summed E-state index contributed by atoms with van der Waals surface area (Å²) in [5.41, 5.74) is 7.57. The Labute approximate surface area is 98.4 Å². The van der Waals surface area contributed by atoms with Gasteiger partial charge in [-0.3, -0.25) is 0 Å². The van der Waals surface area contributed by atoms with Crippen LogP contribution in [-0.4, -0.2) is 12.6 Å². The average Bonchev–Trinajstić information content (AvgIpc) is 2.62. The largest absolute Gasteiger partial charge is 0.472 e. The molecule has 0 saturated carbocycles. The molecule has 16 heavy (non-hydrogen) atoms. The molecule has 1 unspecified atom stereocenters. The SMILES string of the molecule is CC(C)(C)CC(N)CCNCc1ccoc1. The molecule has 1 atom stereocenters. The first kappa shape index (κ1) is 13.3. The van der Waals surface area contributed by atoms with Crippen molar-refractivity contribution in [1.82, 2.24) is 5.32 Å². The van der Waals surface area contributed by atoms with Gasteiger partial charge in [-0.1, -0.05) is 20.8 Å². The molecule has 1 aromatic rings. The lowest BCUT2D eigenvalue weighted by Gasteiger charge is -2.23. The monoisotopic (exact) mass is 224 g/mol. The first-order valence-electron chi connectivity index (χ1n) is 5.95. The van der Waals surface area contributed by atoms with Crippen molar-refractivity contribution in [3.8, 4) is 0 Å². The topological polar surface area (TPSA) is 51.2 Å². The molecular weight excluding hydrogens is 200 g/mol. The van der Waals surface area contributed by atoms with E-state index in [0.717, 1.165) is 25.9 Å². The van der Waals surface area contributed by atoms with Gasteiger partial charge < -0.3 is 15.5 Å². The molecule has 0 amide bonds. The summed E-state index contributed by atoms with van der Waals surface area (Å²) in [5.74, 6) is 0. The van der Waals surface area contributed by atoms with E-state index in [9.17, 15) is 0 Å². The molecule has 0 saturated heterocycles. The van der Waals surface area contributed by atoms with Gasteiger partial charge in [0.2, 0.25) is 0 Å². The van der Waals surface area contributed by atoms with Gasteiger partial charge in [0.05, 0.1) is 12.5 Å². The molecule has 0 aliphatic heterocycles. The average molecular weight is 224 g/mol. The van der Waals surface area contributed by atoms with Crippen LogP contribution in [0.1, 0.15) is 39.2 Å². The zero-order chi connectivity index (χ0) is 12.0. The molecule has 0 aromatic carbocycles. The molecule has 3 nitrogen and oxygen atoms in total.